The first-order valence-corrected chi connectivity index (χ1v) is 14.2. The Morgan fingerprint density at radius 3 is 2.41 bits per heavy atom. The van der Waals surface area contributed by atoms with E-state index in [1.54, 1.807) is 14.2 Å². The molecule has 4 aromatic rings. The van der Waals surface area contributed by atoms with Crippen LogP contribution in [0.3, 0.4) is 0 Å². The third kappa shape index (κ3) is 6.31. The standard InChI is InChI=1S/C30H37N7O4/c1-39-24-15-21(16-25(19-24)40-2)3-4-22-17-28(34-33-22)30-31-26-6-5-23(18-27(26)32-30)36-9-7-35(8-10-36)20-29(38)37-11-13-41-14-12-37/h5-6,15-19H,3-4,7-14,20H2,1-2H3,(H,31,32)(H,33,34). The first kappa shape index (κ1) is 27.1. The number of aromatic amines is 2. The van der Waals surface area contributed by atoms with Crippen LogP contribution in [0, 0.1) is 0 Å². The summed E-state index contributed by atoms with van der Waals surface area (Å²) in [6.07, 6.45) is 1.63. The molecular weight excluding hydrogens is 522 g/mol. The molecule has 0 atom stereocenters. The minimum atomic E-state index is 0.203. The zero-order chi connectivity index (χ0) is 28.2. The Morgan fingerprint density at radius 1 is 0.927 bits per heavy atom. The van der Waals surface area contributed by atoms with Crippen molar-refractivity contribution in [2.75, 3.05) is 78.1 Å². The van der Waals surface area contributed by atoms with Gasteiger partial charge in [-0.2, -0.15) is 5.10 Å². The van der Waals surface area contributed by atoms with Gasteiger partial charge in [-0.05, 0) is 54.8 Å². The second-order valence-corrected chi connectivity index (χ2v) is 10.5. The minimum absolute atomic E-state index is 0.203. The SMILES string of the molecule is COc1cc(CCc2cc(-c3nc4cc(N5CCN(CC(=O)N6CCOCC6)CC5)ccc4[nH]3)n[nH]2)cc(OC)c1. The summed E-state index contributed by atoms with van der Waals surface area (Å²) in [5.74, 6) is 2.52. The number of hydrogen-bond acceptors (Lipinski definition) is 8. The largest absolute Gasteiger partial charge is 0.497 e. The first-order valence-electron chi connectivity index (χ1n) is 14.2. The van der Waals surface area contributed by atoms with Gasteiger partial charge in [0.15, 0.2) is 5.82 Å². The lowest BCUT2D eigenvalue weighted by Crippen LogP contribution is -2.51. The van der Waals surface area contributed by atoms with E-state index in [1.165, 1.54) is 0 Å². The second kappa shape index (κ2) is 12.2. The second-order valence-electron chi connectivity index (χ2n) is 10.5. The van der Waals surface area contributed by atoms with Gasteiger partial charge in [0.2, 0.25) is 5.91 Å². The lowest BCUT2D eigenvalue weighted by molar-refractivity contribution is -0.136. The molecule has 2 aliphatic rings. The molecule has 2 saturated heterocycles. The van der Waals surface area contributed by atoms with Gasteiger partial charge in [-0.25, -0.2) is 4.98 Å². The number of nitrogens with one attached hydrogen (secondary N) is 2. The Hall–Kier alpha value is -4.09. The summed E-state index contributed by atoms with van der Waals surface area (Å²) in [4.78, 5) is 27.4. The highest BCUT2D eigenvalue weighted by atomic mass is 16.5. The molecule has 2 fully saturated rings. The summed E-state index contributed by atoms with van der Waals surface area (Å²) < 4.78 is 16.1. The Morgan fingerprint density at radius 2 is 1.68 bits per heavy atom. The van der Waals surface area contributed by atoms with Crippen molar-refractivity contribution in [3.8, 4) is 23.0 Å². The number of benzene rings is 2. The zero-order valence-corrected chi connectivity index (χ0v) is 23.7. The molecule has 0 saturated carbocycles. The van der Waals surface area contributed by atoms with Crippen LogP contribution in [0.2, 0.25) is 0 Å². The number of morpholine rings is 1. The van der Waals surface area contributed by atoms with Crippen molar-refractivity contribution in [2.24, 2.45) is 0 Å². The molecule has 0 aliphatic carbocycles. The fourth-order valence-electron chi connectivity index (χ4n) is 5.48. The monoisotopic (exact) mass is 559 g/mol. The summed E-state index contributed by atoms with van der Waals surface area (Å²) in [6.45, 7) is 6.62. The van der Waals surface area contributed by atoms with E-state index < -0.39 is 0 Å². The summed E-state index contributed by atoms with van der Waals surface area (Å²) >= 11 is 0. The zero-order valence-electron chi connectivity index (χ0n) is 23.7. The topological polar surface area (TPSA) is 112 Å². The first-order chi connectivity index (χ1) is 20.1. The van der Waals surface area contributed by atoms with Crippen LogP contribution in [0.5, 0.6) is 11.5 Å². The van der Waals surface area contributed by atoms with Crippen molar-refractivity contribution < 1.29 is 19.0 Å². The van der Waals surface area contributed by atoms with Crippen molar-refractivity contribution in [1.29, 1.82) is 0 Å². The molecule has 2 aromatic heterocycles. The van der Waals surface area contributed by atoms with E-state index in [2.05, 4.69) is 43.2 Å². The number of aromatic nitrogens is 4. The van der Waals surface area contributed by atoms with E-state index in [9.17, 15) is 4.79 Å². The van der Waals surface area contributed by atoms with Gasteiger partial charge >= 0.3 is 0 Å². The average Bonchev–Trinajstić information content (AvgIpc) is 3.67. The smallest absolute Gasteiger partial charge is 0.236 e. The quantitative estimate of drug-likeness (QED) is 0.322. The summed E-state index contributed by atoms with van der Waals surface area (Å²) in [5.41, 5.74) is 6.00. The molecule has 2 aliphatic heterocycles. The number of hydrogen-bond donors (Lipinski definition) is 2. The number of piperazine rings is 1. The van der Waals surface area contributed by atoms with Crippen molar-refractivity contribution in [2.45, 2.75) is 12.8 Å². The van der Waals surface area contributed by atoms with E-state index in [4.69, 9.17) is 19.2 Å². The normalized spacial score (nSPS) is 16.3. The lowest BCUT2D eigenvalue weighted by atomic mass is 10.1. The molecule has 11 heteroatoms. The van der Waals surface area contributed by atoms with Gasteiger partial charge in [-0.1, -0.05) is 0 Å². The molecule has 216 valence electrons. The number of fused-ring (bicyclic) bond motifs is 1. The number of H-pyrrole nitrogens is 2. The van der Waals surface area contributed by atoms with Crippen molar-refractivity contribution in [3.63, 3.8) is 0 Å². The predicted molar refractivity (Wildman–Crippen MR) is 157 cm³/mol. The molecule has 1 amide bonds. The van der Waals surface area contributed by atoms with Crippen LogP contribution in [0.25, 0.3) is 22.6 Å². The number of imidazole rings is 1. The van der Waals surface area contributed by atoms with E-state index >= 15 is 0 Å². The van der Waals surface area contributed by atoms with Crippen LogP contribution in [-0.2, 0) is 22.4 Å². The van der Waals surface area contributed by atoms with Gasteiger partial charge in [-0.15, -0.1) is 0 Å². The van der Waals surface area contributed by atoms with Gasteiger partial charge in [0.1, 0.15) is 17.2 Å². The number of anilines is 1. The maximum Gasteiger partial charge on any atom is 0.236 e. The van der Waals surface area contributed by atoms with Crippen molar-refractivity contribution in [1.82, 2.24) is 30.0 Å². The van der Waals surface area contributed by atoms with E-state index in [1.807, 2.05) is 29.2 Å². The molecule has 0 spiro atoms. The summed E-state index contributed by atoms with van der Waals surface area (Å²) in [5, 5.41) is 7.68. The minimum Gasteiger partial charge on any atom is -0.497 e. The third-order valence-electron chi connectivity index (χ3n) is 7.89. The summed E-state index contributed by atoms with van der Waals surface area (Å²) in [6, 6.07) is 14.3. The molecule has 11 nitrogen and oxygen atoms in total. The highest BCUT2D eigenvalue weighted by Gasteiger charge is 2.23. The van der Waals surface area contributed by atoms with E-state index in [-0.39, 0.29) is 5.91 Å². The number of aryl methyl sites for hydroxylation is 2. The third-order valence-corrected chi connectivity index (χ3v) is 7.89. The van der Waals surface area contributed by atoms with Crippen LogP contribution in [0.1, 0.15) is 11.3 Å². The number of methoxy groups -OCH3 is 2. The Kier molecular flexibility index (Phi) is 8.06. The van der Waals surface area contributed by atoms with Gasteiger partial charge < -0.3 is 29.0 Å². The Labute approximate surface area is 239 Å². The van der Waals surface area contributed by atoms with Crippen LogP contribution >= 0.6 is 0 Å². The number of ether oxygens (including phenoxy) is 3. The number of amides is 1. The van der Waals surface area contributed by atoms with Crippen LogP contribution in [0.4, 0.5) is 5.69 Å². The Bertz CT molecular complexity index is 1460. The van der Waals surface area contributed by atoms with E-state index in [0.29, 0.717) is 32.8 Å². The highest BCUT2D eigenvalue weighted by molar-refractivity contribution is 5.82. The van der Waals surface area contributed by atoms with Crippen molar-refractivity contribution in [3.05, 3.63) is 53.7 Å². The van der Waals surface area contributed by atoms with E-state index in [0.717, 1.165) is 90.0 Å². The summed E-state index contributed by atoms with van der Waals surface area (Å²) in [7, 11) is 3.32. The lowest BCUT2D eigenvalue weighted by Gasteiger charge is -2.37. The molecule has 2 N–H and O–H groups in total. The molecule has 2 aromatic carbocycles. The Balaban J connectivity index is 1.06. The molecule has 41 heavy (non-hydrogen) atoms. The number of carbonyl (C=O) groups is 1. The van der Waals surface area contributed by atoms with Gasteiger partial charge in [0, 0.05) is 56.7 Å². The average molecular weight is 560 g/mol. The molecular formula is C30H37N7O4. The molecule has 0 unspecified atom stereocenters. The number of nitrogens with zero attached hydrogens (tertiary/aromatic N) is 5. The predicted octanol–water partition coefficient (Wildman–Crippen LogP) is 2.74. The molecule has 4 heterocycles. The molecule has 0 bridgehead atoms. The van der Waals surface area contributed by atoms with Crippen LogP contribution in [-0.4, -0.2) is 109 Å². The van der Waals surface area contributed by atoms with Gasteiger partial charge in [0.05, 0.1) is 45.0 Å². The highest BCUT2D eigenvalue weighted by Crippen LogP contribution is 2.26. The maximum absolute atomic E-state index is 12.6. The number of carbonyl (C=O) groups excluding carboxylic acids is 1. The van der Waals surface area contributed by atoms with Crippen molar-refractivity contribution >= 4 is 22.6 Å². The maximum atomic E-state index is 12.6. The fourth-order valence-corrected chi connectivity index (χ4v) is 5.48. The number of rotatable bonds is 9. The molecule has 0 radical (unpaired) electrons. The molecule has 6 rings (SSSR count). The van der Waals surface area contributed by atoms with Crippen LogP contribution < -0.4 is 14.4 Å². The van der Waals surface area contributed by atoms with Gasteiger partial charge in [-0.3, -0.25) is 14.8 Å². The fraction of sp³-hybridized carbons (Fsp3) is 0.433. The van der Waals surface area contributed by atoms with Crippen LogP contribution in [0.15, 0.2) is 42.5 Å². The van der Waals surface area contributed by atoms with Gasteiger partial charge in [0.25, 0.3) is 0 Å².